The molecule has 0 amide bonds. The molecule has 4 nitrogen and oxygen atoms in total. The fraction of sp³-hybridized carbons (Fsp3) is 0.250. The van der Waals surface area contributed by atoms with Crippen LogP contribution in [-0.4, -0.2) is 32.3 Å². The van der Waals surface area contributed by atoms with Crippen molar-refractivity contribution in [2.75, 3.05) is 25.1 Å². The number of carbonyl (C=O) groups is 2. The van der Waals surface area contributed by atoms with Crippen molar-refractivity contribution in [1.29, 1.82) is 0 Å². The molecule has 3 aromatic carbocycles. The SMILES string of the molecule is CCN(CC)c1cc(C(=O)Cc2ccc(C=O)cc2)cc2ccc(OC)cc12. The van der Waals surface area contributed by atoms with Crippen LogP contribution in [0.4, 0.5) is 5.69 Å². The first-order valence-electron chi connectivity index (χ1n) is 9.53. The number of carbonyl (C=O) groups excluding carboxylic acids is 2. The Bertz CT molecular complexity index is 989. The predicted octanol–water partition coefficient (Wildman–Crippen LogP) is 4.93. The summed E-state index contributed by atoms with van der Waals surface area (Å²) in [7, 11) is 1.66. The van der Waals surface area contributed by atoms with E-state index in [1.807, 2.05) is 42.5 Å². The Morgan fingerprint density at radius 3 is 2.32 bits per heavy atom. The van der Waals surface area contributed by atoms with Crippen LogP contribution >= 0.6 is 0 Å². The van der Waals surface area contributed by atoms with Gasteiger partial charge in [0.05, 0.1) is 7.11 Å². The molecule has 144 valence electrons. The van der Waals surface area contributed by atoms with Gasteiger partial charge in [0, 0.05) is 41.7 Å². The van der Waals surface area contributed by atoms with Crippen molar-refractivity contribution in [2.45, 2.75) is 20.3 Å². The third-order valence-electron chi connectivity index (χ3n) is 5.05. The summed E-state index contributed by atoms with van der Waals surface area (Å²) in [6, 6.07) is 17.0. The number of fused-ring (bicyclic) bond motifs is 1. The van der Waals surface area contributed by atoms with Gasteiger partial charge in [-0.3, -0.25) is 9.59 Å². The molecular formula is C24H25NO3. The Hall–Kier alpha value is -3.14. The van der Waals surface area contributed by atoms with Gasteiger partial charge in [-0.15, -0.1) is 0 Å². The number of hydrogen-bond acceptors (Lipinski definition) is 4. The lowest BCUT2D eigenvalue weighted by molar-refractivity contribution is 0.0993. The normalized spacial score (nSPS) is 10.7. The minimum Gasteiger partial charge on any atom is -0.497 e. The van der Waals surface area contributed by atoms with Gasteiger partial charge >= 0.3 is 0 Å². The molecule has 0 spiro atoms. The van der Waals surface area contributed by atoms with E-state index < -0.39 is 0 Å². The van der Waals surface area contributed by atoms with Gasteiger partial charge in [-0.25, -0.2) is 0 Å². The summed E-state index contributed by atoms with van der Waals surface area (Å²) in [6.45, 7) is 5.93. The van der Waals surface area contributed by atoms with E-state index >= 15 is 0 Å². The number of Topliss-reactive ketones (excluding diaryl/α,β-unsaturated/α-hetero) is 1. The van der Waals surface area contributed by atoms with Gasteiger partial charge in [-0.1, -0.05) is 30.3 Å². The highest BCUT2D eigenvalue weighted by Gasteiger charge is 2.15. The molecule has 0 saturated heterocycles. The zero-order valence-corrected chi connectivity index (χ0v) is 16.6. The highest BCUT2D eigenvalue weighted by molar-refractivity contribution is 6.05. The number of aldehydes is 1. The molecular weight excluding hydrogens is 350 g/mol. The second kappa shape index (κ2) is 8.70. The highest BCUT2D eigenvalue weighted by atomic mass is 16.5. The molecule has 0 aliphatic rings. The van der Waals surface area contributed by atoms with E-state index in [-0.39, 0.29) is 5.78 Å². The highest BCUT2D eigenvalue weighted by Crippen LogP contribution is 2.32. The number of ether oxygens (including phenoxy) is 1. The largest absolute Gasteiger partial charge is 0.497 e. The summed E-state index contributed by atoms with van der Waals surface area (Å²) in [6.07, 6.45) is 1.11. The van der Waals surface area contributed by atoms with Crippen molar-refractivity contribution >= 4 is 28.5 Å². The molecule has 0 atom stereocenters. The maximum Gasteiger partial charge on any atom is 0.167 e. The molecule has 0 fully saturated rings. The Morgan fingerprint density at radius 1 is 1.00 bits per heavy atom. The Balaban J connectivity index is 2.02. The fourth-order valence-corrected chi connectivity index (χ4v) is 3.43. The third-order valence-corrected chi connectivity index (χ3v) is 5.05. The van der Waals surface area contributed by atoms with Gasteiger partial charge in [0.1, 0.15) is 12.0 Å². The van der Waals surface area contributed by atoms with E-state index in [0.29, 0.717) is 17.5 Å². The molecule has 0 heterocycles. The number of methoxy groups -OCH3 is 1. The second-order valence-electron chi connectivity index (χ2n) is 6.71. The van der Waals surface area contributed by atoms with Gasteiger partial charge in [-0.2, -0.15) is 0 Å². The molecule has 0 bridgehead atoms. The summed E-state index contributed by atoms with van der Waals surface area (Å²) in [5.74, 6) is 0.861. The molecule has 0 N–H and O–H groups in total. The lowest BCUT2D eigenvalue weighted by Gasteiger charge is -2.24. The molecule has 28 heavy (non-hydrogen) atoms. The topological polar surface area (TPSA) is 46.6 Å². The van der Waals surface area contributed by atoms with Crippen LogP contribution in [0.5, 0.6) is 5.75 Å². The van der Waals surface area contributed by atoms with Crippen LogP contribution < -0.4 is 9.64 Å². The number of nitrogens with zero attached hydrogens (tertiary/aromatic N) is 1. The molecule has 0 aromatic heterocycles. The zero-order chi connectivity index (χ0) is 20.1. The van der Waals surface area contributed by atoms with Crippen LogP contribution in [0.25, 0.3) is 10.8 Å². The molecule has 3 aromatic rings. The fourth-order valence-electron chi connectivity index (χ4n) is 3.43. The van der Waals surface area contributed by atoms with Gasteiger partial charge in [0.25, 0.3) is 0 Å². The van der Waals surface area contributed by atoms with E-state index in [9.17, 15) is 9.59 Å². The quantitative estimate of drug-likeness (QED) is 0.414. The number of benzene rings is 3. The lowest BCUT2D eigenvalue weighted by Crippen LogP contribution is -2.22. The molecule has 0 aliphatic heterocycles. The molecule has 0 radical (unpaired) electrons. The first-order chi connectivity index (χ1) is 13.6. The van der Waals surface area contributed by atoms with Crippen LogP contribution in [0.2, 0.25) is 0 Å². The number of anilines is 1. The minimum atomic E-state index is 0.0602. The number of ketones is 1. The van der Waals surface area contributed by atoms with Crippen molar-refractivity contribution < 1.29 is 14.3 Å². The van der Waals surface area contributed by atoms with Crippen LogP contribution in [0.15, 0.2) is 54.6 Å². The summed E-state index contributed by atoms with van der Waals surface area (Å²) >= 11 is 0. The summed E-state index contributed by atoms with van der Waals surface area (Å²) in [5, 5.41) is 2.10. The van der Waals surface area contributed by atoms with Gasteiger partial charge < -0.3 is 9.64 Å². The second-order valence-corrected chi connectivity index (χ2v) is 6.71. The molecule has 4 heteroatoms. The van der Waals surface area contributed by atoms with Crippen LogP contribution in [-0.2, 0) is 6.42 Å². The predicted molar refractivity (Wildman–Crippen MR) is 114 cm³/mol. The van der Waals surface area contributed by atoms with E-state index in [0.717, 1.165) is 47.1 Å². The Morgan fingerprint density at radius 2 is 1.71 bits per heavy atom. The molecule has 0 saturated carbocycles. The summed E-state index contributed by atoms with van der Waals surface area (Å²) in [5.41, 5.74) is 3.24. The number of rotatable bonds is 8. The van der Waals surface area contributed by atoms with Crippen LogP contribution in [0.3, 0.4) is 0 Å². The van der Waals surface area contributed by atoms with Gasteiger partial charge in [-0.05, 0) is 49.1 Å². The van der Waals surface area contributed by atoms with Crippen molar-refractivity contribution in [3.05, 3.63) is 71.3 Å². The lowest BCUT2D eigenvalue weighted by atomic mass is 9.97. The van der Waals surface area contributed by atoms with E-state index in [1.165, 1.54) is 0 Å². The maximum atomic E-state index is 13.0. The minimum absolute atomic E-state index is 0.0602. The van der Waals surface area contributed by atoms with Crippen LogP contribution in [0, 0.1) is 0 Å². The average molecular weight is 375 g/mol. The van der Waals surface area contributed by atoms with E-state index in [4.69, 9.17) is 4.74 Å². The monoisotopic (exact) mass is 375 g/mol. The number of hydrogen-bond donors (Lipinski definition) is 0. The van der Waals surface area contributed by atoms with Gasteiger partial charge in [0.2, 0.25) is 0 Å². The molecule has 0 unspecified atom stereocenters. The van der Waals surface area contributed by atoms with E-state index in [1.54, 1.807) is 19.2 Å². The first-order valence-corrected chi connectivity index (χ1v) is 9.53. The summed E-state index contributed by atoms with van der Waals surface area (Å²) < 4.78 is 5.39. The third kappa shape index (κ3) is 4.06. The van der Waals surface area contributed by atoms with E-state index in [2.05, 4.69) is 18.7 Å². The standard InChI is InChI=1S/C24H25NO3/c1-4-25(5-2)23-14-20(13-19-10-11-21(28-3)15-22(19)23)24(27)12-17-6-8-18(16-26)9-7-17/h6-11,13-16H,4-5,12H2,1-3H3. The zero-order valence-electron chi connectivity index (χ0n) is 16.6. The molecule has 0 aliphatic carbocycles. The first kappa shape index (κ1) is 19.6. The van der Waals surface area contributed by atoms with Crippen molar-refractivity contribution in [1.82, 2.24) is 0 Å². The Kier molecular flexibility index (Phi) is 6.09. The Labute approximate surface area is 165 Å². The smallest absolute Gasteiger partial charge is 0.167 e. The average Bonchev–Trinajstić information content (AvgIpc) is 2.74. The summed E-state index contributed by atoms with van der Waals surface area (Å²) in [4.78, 5) is 26.0. The van der Waals surface area contributed by atoms with Crippen molar-refractivity contribution in [2.24, 2.45) is 0 Å². The molecule has 3 rings (SSSR count). The maximum absolute atomic E-state index is 13.0. The van der Waals surface area contributed by atoms with Crippen molar-refractivity contribution in [3.63, 3.8) is 0 Å². The van der Waals surface area contributed by atoms with Gasteiger partial charge in [0.15, 0.2) is 5.78 Å². The van der Waals surface area contributed by atoms with Crippen LogP contribution in [0.1, 0.15) is 40.1 Å². The van der Waals surface area contributed by atoms with Crippen molar-refractivity contribution in [3.8, 4) is 5.75 Å².